The van der Waals surface area contributed by atoms with Crippen LogP contribution in [0.3, 0.4) is 0 Å². The van der Waals surface area contributed by atoms with Crippen LogP contribution in [0.25, 0.3) is 0 Å². The molecule has 1 saturated heterocycles. The Kier molecular flexibility index (Phi) is 4.83. The van der Waals surface area contributed by atoms with Crippen molar-refractivity contribution in [3.05, 3.63) is 47.4 Å². The number of hydrogen-bond donors (Lipinski definition) is 3. The monoisotopic (exact) mass is 399 g/mol. The van der Waals surface area contributed by atoms with Gasteiger partial charge in [-0.25, -0.2) is 15.2 Å². The van der Waals surface area contributed by atoms with Crippen molar-refractivity contribution in [3.8, 4) is 0 Å². The molecule has 2 saturated carbocycles. The smallest absolute Gasteiger partial charge is 0.252 e. The first kappa shape index (κ1) is 18.7. The average Bonchev–Trinajstić information content (AvgIpc) is 3.26. The number of nitrogens with zero attached hydrogens (tertiary/aromatic N) is 2. The fourth-order valence-electron chi connectivity index (χ4n) is 4.45. The van der Waals surface area contributed by atoms with Crippen LogP contribution in [-0.2, 0) is 10.3 Å². The van der Waals surface area contributed by atoms with Gasteiger partial charge in [0.1, 0.15) is 17.4 Å². The molecule has 7 nitrogen and oxygen atoms in total. The molecular weight excluding hydrogens is 373 g/mol. The molecule has 2 aliphatic carbocycles. The van der Waals surface area contributed by atoms with E-state index in [0.29, 0.717) is 18.2 Å². The van der Waals surface area contributed by atoms with E-state index < -0.39 is 5.54 Å². The van der Waals surface area contributed by atoms with Gasteiger partial charge in [-0.2, -0.15) is 4.98 Å². The molecule has 2 atom stereocenters. The van der Waals surface area contributed by atoms with E-state index in [-0.39, 0.29) is 23.8 Å². The van der Waals surface area contributed by atoms with E-state index in [4.69, 9.17) is 4.52 Å². The Morgan fingerprint density at radius 1 is 1.14 bits per heavy atom. The Morgan fingerprint density at radius 2 is 1.90 bits per heavy atom. The molecule has 0 radical (unpaired) electrons. The van der Waals surface area contributed by atoms with Gasteiger partial charge in [-0.15, -0.1) is 0 Å². The van der Waals surface area contributed by atoms with Gasteiger partial charge in [0.2, 0.25) is 5.91 Å². The zero-order valence-electron chi connectivity index (χ0n) is 16.3. The summed E-state index contributed by atoms with van der Waals surface area (Å²) < 4.78 is 18.8. The van der Waals surface area contributed by atoms with E-state index in [0.717, 1.165) is 56.3 Å². The number of aromatic nitrogens is 2. The lowest BCUT2D eigenvalue weighted by Crippen LogP contribution is -2.53. The van der Waals surface area contributed by atoms with Crippen LogP contribution in [0.4, 0.5) is 4.39 Å². The van der Waals surface area contributed by atoms with Crippen molar-refractivity contribution in [1.29, 1.82) is 0 Å². The topological polar surface area (TPSA) is 92.1 Å². The summed E-state index contributed by atoms with van der Waals surface area (Å²) in [5, 5.41) is 7.41. The van der Waals surface area contributed by atoms with Crippen LogP contribution in [0.5, 0.6) is 0 Å². The van der Waals surface area contributed by atoms with Crippen LogP contribution in [-0.4, -0.2) is 22.1 Å². The van der Waals surface area contributed by atoms with Gasteiger partial charge in [-0.1, -0.05) is 36.6 Å². The van der Waals surface area contributed by atoms with Crippen molar-refractivity contribution in [2.75, 3.05) is 0 Å². The third kappa shape index (κ3) is 3.79. The lowest BCUT2D eigenvalue weighted by atomic mass is 9.81. The summed E-state index contributed by atoms with van der Waals surface area (Å²) in [7, 11) is 0. The molecule has 8 heteroatoms. The number of rotatable bonds is 5. The van der Waals surface area contributed by atoms with E-state index >= 15 is 0 Å². The fraction of sp³-hybridized carbons (Fsp3) is 0.571. The van der Waals surface area contributed by atoms with Crippen molar-refractivity contribution < 1.29 is 13.7 Å². The molecule has 3 N–H and O–H groups in total. The number of carbonyl (C=O) groups is 1. The Bertz CT molecular complexity index is 873. The minimum atomic E-state index is -0.578. The summed E-state index contributed by atoms with van der Waals surface area (Å²) in [6, 6.07) is 5.95. The predicted octanol–water partition coefficient (Wildman–Crippen LogP) is 2.97. The molecular formula is C21H26FN5O2. The third-order valence-corrected chi connectivity index (χ3v) is 6.36. The molecule has 29 heavy (non-hydrogen) atoms. The second kappa shape index (κ2) is 7.50. The molecule has 2 heterocycles. The third-order valence-electron chi connectivity index (χ3n) is 6.36. The fourth-order valence-corrected chi connectivity index (χ4v) is 4.45. The second-order valence-corrected chi connectivity index (χ2v) is 8.55. The van der Waals surface area contributed by atoms with E-state index in [1.54, 1.807) is 12.1 Å². The van der Waals surface area contributed by atoms with Gasteiger partial charge in [0.15, 0.2) is 5.82 Å². The number of hydrazine groups is 1. The van der Waals surface area contributed by atoms with Crippen LogP contribution >= 0.6 is 0 Å². The normalized spacial score (nSPS) is 26.4. The quantitative estimate of drug-likeness (QED) is 0.716. The molecule has 154 valence electrons. The molecule has 0 spiro atoms. The number of benzene rings is 1. The molecule has 1 aliphatic heterocycles. The van der Waals surface area contributed by atoms with Crippen LogP contribution in [0, 0.1) is 5.82 Å². The molecule has 1 amide bonds. The van der Waals surface area contributed by atoms with Gasteiger partial charge in [-0.05, 0) is 49.8 Å². The van der Waals surface area contributed by atoms with Crippen LogP contribution in [0.1, 0.15) is 80.6 Å². The zero-order valence-corrected chi connectivity index (χ0v) is 16.3. The highest BCUT2D eigenvalue weighted by Gasteiger charge is 2.44. The summed E-state index contributed by atoms with van der Waals surface area (Å²) in [6.45, 7) is 0. The summed E-state index contributed by atoms with van der Waals surface area (Å²) in [5.74, 6) is 1.40. The van der Waals surface area contributed by atoms with Gasteiger partial charge in [-0.3, -0.25) is 4.79 Å². The molecule has 1 aromatic heterocycles. The van der Waals surface area contributed by atoms with Crippen molar-refractivity contribution >= 4 is 5.91 Å². The van der Waals surface area contributed by atoms with Crippen molar-refractivity contribution in [3.63, 3.8) is 0 Å². The van der Waals surface area contributed by atoms with Crippen LogP contribution < -0.4 is 16.2 Å². The minimum absolute atomic E-state index is 0.0430. The molecule has 0 bridgehead atoms. The SMILES string of the molecule is O=C(NC1(c2nc(C3CC3)no2)CCCCC1)C1CC(c2ccc(F)cc2)NN1. The molecule has 5 rings (SSSR count). The standard InChI is InChI=1S/C21H26FN5O2/c22-15-8-6-13(7-9-15)16-12-17(26-25-16)19(28)24-21(10-2-1-3-11-21)20-23-18(27-29-20)14-4-5-14/h6-9,14,16-17,25-26H,1-5,10-12H2,(H,24,28). The number of amides is 1. The Labute approximate surface area is 168 Å². The first-order valence-electron chi connectivity index (χ1n) is 10.6. The molecule has 2 unspecified atom stereocenters. The Morgan fingerprint density at radius 3 is 2.62 bits per heavy atom. The maximum atomic E-state index is 13.2. The first-order valence-corrected chi connectivity index (χ1v) is 10.6. The van der Waals surface area contributed by atoms with Gasteiger partial charge in [0.25, 0.3) is 5.89 Å². The summed E-state index contributed by atoms with van der Waals surface area (Å²) in [4.78, 5) is 17.8. The number of carbonyl (C=O) groups excluding carboxylic acids is 1. The Hall–Kier alpha value is -2.32. The van der Waals surface area contributed by atoms with E-state index in [1.165, 1.54) is 12.1 Å². The van der Waals surface area contributed by atoms with Gasteiger partial charge >= 0.3 is 0 Å². The van der Waals surface area contributed by atoms with E-state index in [2.05, 4.69) is 26.3 Å². The van der Waals surface area contributed by atoms with Gasteiger partial charge < -0.3 is 9.84 Å². The average molecular weight is 399 g/mol. The number of nitrogens with one attached hydrogen (secondary N) is 3. The van der Waals surface area contributed by atoms with Crippen LogP contribution in [0.2, 0.25) is 0 Å². The van der Waals surface area contributed by atoms with Gasteiger partial charge in [0.05, 0.1) is 0 Å². The maximum Gasteiger partial charge on any atom is 0.252 e. The largest absolute Gasteiger partial charge is 0.340 e. The summed E-state index contributed by atoms with van der Waals surface area (Å²) in [5.41, 5.74) is 6.62. The molecule has 2 aromatic rings. The molecule has 1 aromatic carbocycles. The van der Waals surface area contributed by atoms with E-state index in [1.807, 2.05) is 0 Å². The summed E-state index contributed by atoms with van der Waals surface area (Å²) in [6.07, 6.45) is 7.63. The maximum absolute atomic E-state index is 13.2. The lowest BCUT2D eigenvalue weighted by molar-refractivity contribution is -0.126. The predicted molar refractivity (Wildman–Crippen MR) is 103 cm³/mol. The van der Waals surface area contributed by atoms with Crippen molar-refractivity contribution in [2.45, 2.75) is 74.9 Å². The van der Waals surface area contributed by atoms with Gasteiger partial charge in [0, 0.05) is 12.0 Å². The number of hydrogen-bond acceptors (Lipinski definition) is 6. The van der Waals surface area contributed by atoms with Crippen LogP contribution in [0.15, 0.2) is 28.8 Å². The highest BCUT2D eigenvalue weighted by atomic mass is 19.1. The second-order valence-electron chi connectivity index (χ2n) is 8.55. The minimum Gasteiger partial charge on any atom is -0.340 e. The number of halogens is 1. The van der Waals surface area contributed by atoms with Crippen molar-refractivity contribution in [2.24, 2.45) is 0 Å². The van der Waals surface area contributed by atoms with E-state index in [9.17, 15) is 9.18 Å². The first-order chi connectivity index (χ1) is 14.1. The van der Waals surface area contributed by atoms with Crippen molar-refractivity contribution in [1.82, 2.24) is 26.3 Å². The summed E-state index contributed by atoms with van der Waals surface area (Å²) >= 11 is 0. The molecule has 3 fully saturated rings. The zero-order chi connectivity index (χ0) is 19.8. The Balaban J connectivity index is 1.30. The highest BCUT2D eigenvalue weighted by molar-refractivity contribution is 5.83. The molecule has 3 aliphatic rings. The lowest BCUT2D eigenvalue weighted by Gasteiger charge is -2.35. The highest BCUT2D eigenvalue weighted by Crippen LogP contribution is 2.41.